The molecule has 1 aliphatic rings. The van der Waals surface area contributed by atoms with Crippen LogP contribution in [0.15, 0.2) is 36.5 Å². The topological polar surface area (TPSA) is 102 Å². The van der Waals surface area contributed by atoms with Crippen molar-refractivity contribution in [1.82, 2.24) is 4.98 Å². The SMILES string of the molecule is N#Cc1ccc(NC(=O)[C@@H]2CN(c3ccc(C#N)c(C(F)(F)F)c3)[C@@H](C(F)(F)F)O2)cn1. The smallest absolute Gasteiger partial charge is 0.335 e. The van der Waals surface area contributed by atoms with Crippen LogP contribution in [0.4, 0.5) is 37.7 Å². The number of ether oxygens (including phenoxy) is 1. The van der Waals surface area contributed by atoms with Crippen molar-refractivity contribution in [3.63, 3.8) is 0 Å². The van der Waals surface area contributed by atoms with E-state index < -0.39 is 54.0 Å². The predicted octanol–water partition coefficient (Wildman–Crippen LogP) is 3.58. The Hall–Kier alpha value is -3.84. The van der Waals surface area contributed by atoms with E-state index in [1.807, 2.05) is 0 Å². The van der Waals surface area contributed by atoms with E-state index in [1.165, 1.54) is 18.2 Å². The molecular formula is C19H11F6N5O2. The van der Waals surface area contributed by atoms with Crippen LogP contribution in [0.25, 0.3) is 0 Å². The van der Waals surface area contributed by atoms with Gasteiger partial charge < -0.3 is 15.0 Å². The summed E-state index contributed by atoms with van der Waals surface area (Å²) in [7, 11) is 0. The summed E-state index contributed by atoms with van der Waals surface area (Å²) in [4.78, 5) is 16.6. The highest BCUT2D eigenvalue weighted by atomic mass is 19.4. The molecule has 0 bridgehead atoms. The molecule has 0 aliphatic carbocycles. The Bertz CT molecular complexity index is 1100. The van der Waals surface area contributed by atoms with Gasteiger partial charge in [0.25, 0.3) is 5.91 Å². The number of pyridine rings is 1. The molecule has 1 aliphatic heterocycles. The van der Waals surface area contributed by atoms with Crippen molar-refractivity contribution < 1.29 is 35.9 Å². The van der Waals surface area contributed by atoms with Crippen LogP contribution in [-0.2, 0) is 15.7 Å². The number of carbonyl (C=O) groups is 1. The molecule has 1 amide bonds. The van der Waals surface area contributed by atoms with Gasteiger partial charge in [-0.2, -0.15) is 36.9 Å². The molecule has 2 atom stereocenters. The van der Waals surface area contributed by atoms with E-state index in [0.717, 1.165) is 18.3 Å². The number of benzene rings is 1. The first-order valence-electron chi connectivity index (χ1n) is 8.71. The number of hydrogen-bond acceptors (Lipinski definition) is 6. The summed E-state index contributed by atoms with van der Waals surface area (Å²) in [6.07, 6.45) is -13.3. The van der Waals surface area contributed by atoms with Crippen molar-refractivity contribution in [1.29, 1.82) is 10.5 Å². The largest absolute Gasteiger partial charge is 0.433 e. The maximum atomic E-state index is 13.5. The Kier molecular flexibility index (Phi) is 5.96. The minimum absolute atomic E-state index is 0.0460. The number of rotatable bonds is 3. The fourth-order valence-corrected chi connectivity index (χ4v) is 2.99. The van der Waals surface area contributed by atoms with Crippen molar-refractivity contribution in [2.24, 2.45) is 0 Å². The van der Waals surface area contributed by atoms with Crippen LogP contribution in [0, 0.1) is 22.7 Å². The molecule has 1 aromatic heterocycles. The van der Waals surface area contributed by atoms with Gasteiger partial charge in [0.15, 0.2) is 6.10 Å². The highest BCUT2D eigenvalue weighted by molar-refractivity contribution is 5.94. The van der Waals surface area contributed by atoms with Crippen LogP contribution in [0.2, 0.25) is 0 Å². The number of amides is 1. The standard InChI is InChI=1S/C19H11F6N5O2/c20-18(21,22)14-5-13(4-1-10(14)6-26)30-9-15(32-17(30)19(23,24)25)16(31)29-12-3-2-11(7-27)28-8-12/h1-5,8,15,17H,9H2,(H,29,31)/t15-,17+/m0/s1. The summed E-state index contributed by atoms with van der Waals surface area (Å²) in [5.41, 5.74) is -2.56. The Labute approximate surface area is 176 Å². The average Bonchev–Trinajstić information content (AvgIpc) is 3.19. The summed E-state index contributed by atoms with van der Waals surface area (Å²) >= 11 is 0. The lowest BCUT2D eigenvalue weighted by Crippen LogP contribution is -2.42. The molecule has 1 saturated heterocycles. The van der Waals surface area contributed by atoms with Gasteiger partial charge in [0.2, 0.25) is 6.23 Å². The summed E-state index contributed by atoms with van der Waals surface area (Å²) in [5.74, 6) is -0.988. The highest BCUT2D eigenvalue weighted by Crippen LogP contribution is 2.39. The zero-order chi connectivity index (χ0) is 23.7. The summed E-state index contributed by atoms with van der Waals surface area (Å²) in [5, 5.41) is 19.9. The van der Waals surface area contributed by atoms with Crippen molar-refractivity contribution in [3.8, 4) is 12.1 Å². The lowest BCUT2D eigenvalue weighted by molar-refractivity contribution is -0.212. The molecule has 0 saturated carbocycles. The first-order valence-corrected chi connectivity index (χ1v) is 8.71. The fourth-order valence-electron chi connectivity index (χ4n) is 2.99. The lowest BCUT2D eigenvalue weighted by Gasteiger charge is -2.27. The molecule has 166 valence electrons. The predicted molar refractivity (Wildman–Crippen MR) is 95.8 cm³/mol. The van der Waals surface area contributed by atoms with E-state index in [1.54, 1.807) is 6.07 Å². The molecule has 13 heteroatoms. The first-order chi connectivity index (χ1) is 14.9. The van der Waals surface area contributed by atoms with E-state index in [-0.39, 0.29) is 11.4 Å². The second-order valence-electron chi connectivity index (χ2n) is 6.54. The van der Waals surface area contributed by atoms with Crippen LogP contribution >= 0.6 is 0 Å². The molecule has 1 N–H and O–H groups in total. The summed E-state index contributed by atoms with van der Waals surface area (Å²) < 4.78 is 85.0. The molecule has 2 heterocycles. The number of nitrogens with zero attached hydrogens (tertiary/aromatic N) is 4. The maximum absolute atomic E-state index is 13.5. The Morgan fingerprint density at radius 1 is 1.12 bits per heavy atom. The van der Waals surface area contributed by atoms with Gasteiger partial charge in [-0.05, 0) is 30.3 Å². The Balaban J connectivity index is 1.88. The minimum Gasteiger partial charge on any atom is -0.335 e. The second kappa shape index (κ2) is 8.36. The summed E-state index contributed by atoms with van der Waals surface area (Å²) in [6, 6.07) is 7.74. The van der Waals surface area contributed by atoms with Gasteiger partial charge in [0.1, 0.15) is 11.8 Å². The number of anilines is 2. The van der Waals surface area contributed by atoms with Gasteiger partial charge in [0, 0.05) is 5.69 Å². The molecule has 3 rings (SSSR count). The molecule has 1 fully saturated rings. The van der Waals surface area contributed by atoms with Crippen LogP contribution in [-0.4, -0.2) is 35.9 Å². The molecule has 0 radical (unpaired) electrons. The number of halogens is 6. The van der Waals surface area contributed by atoms with Crippen LogP contribution in [0.5, 0.6) is 0 Å². The summed E-state index contributed by atoms with van der Waals surface area (Å²) in [6.45, 7) is -0.705. The zero-order valence-corrected chi connectivity index (χ0v) is 15.7. The molecule has 0 unspecified atom stereocenters. The molecular weight excluding hydrogens is 444 g/mol. The van der Waals surface area contributed by atoms with E-state index >= 15 is 0 Å². The van der Waals surface area contributed by atoms with Crippen molar-refractivity contribution in [2.75, 3.05) is 16.8 Å². The van der Waals surface area contributed by atoms with Crippen LogP contribution < -0.4 is 10.2 Å². The lowest BCUT2D eigenvalue weighted by atomic mass is 10.1. The van der Waals surface area contributed by atoms with Crippen LogP contribution in [0.3, 0.4) is 0 Å². The van der Waals surface area contributed by atoms with Crippen molar-refractivity contribution in [3.05, 3.63) is 53.3 Å². The first kappa shape index (κ1) is 22.8. The zero-order valence-electron chi connectivity index (χ0n) is 15.7. The van der Waals surface area contributed by atoms with Gasteiger partial charge in [-0.25, -0.2) is 4.98 Å². The monoisotopic (exact) mass is 455 g/mol. The highest BCUT2D eigenvalue weighted by Gasteiger charge is 2.52. The molecule has 0 spiro atoms. The number of aromatic nitrogens is 1. The molecule has 32 heavy (non-hydrogen) atoms. The third kappa shape index (κ3) is 4.73. The van der Waals surface area contributed by atoms with Gasteiger partial charge in [-0.3, -0.25) is 4.79 Å². The van der Waals surface area contributed by atoms with E-state index in [0.29, 0.717) is 11.0 Å². The fraction of sp³-hybridized carbons (Fsp3) is 0.263. The number of carbonyl (C=O) groups excluding carboxylic acids is 1. The second-order valence-corrected chi connectivity index (χ2v) is 6.54. The number of nitriles is 2. The number of alkyl halides is 6. The molecule has 1 aromatic carbocycles. The third-order valence-electron chi connectivity index (χ3n) is 4.42. The number of nitrogens with one attached hydrogen (secondary N) is 1. The number of hydrogen-bond donors (Lipinski definition) is 1. The van der Waals surface area contributed by atoms with E-state index in [9.17, 15) is 31.1 Å². The average molecular weight is 455 g/mol. The van der Waals surface area contributed by atoms with E-state index in [4.69, 9.17) is 15.3 Å². The Morgan fingerprint density at radius 2 is 1.84 bits per heavy atom. The molecule has 7 nitrogen and oxygen atoms in total. The minimum atomic E-state index is -5.03. The molecule has 2 aromatic rings. The van der Waals surface area contributed by atoms with Gasteiger partial charge >= 0.3 is 12.4 Å². The van der Waals surface area contributed by atoms with Gasteiger partial charge in [-0.1, -0.05) is 0 Å². The van der Waals surface area contributed by atoms with Crippen LogP contribution in [0.1, 0.15) is 16.8 Å². The van der Waals surface area contributed by atoms with Gasteiger partial charge in [-0.15, -0.1) is 0 Å². The quantitative estimate of drug-likeness (QED) is 0.710. The van der Waals surface area contributed by atoms with Crippen molar-refractivity contribution >= 4 is 17.3 Å². The Morgan fingerprint density at radius 3 is 2.38 bits per heavy atom. The normalized spacial score (nSPS) is 18.7. The van der Waals surface area contributed by atoms with Gasteiger partial charge in [0.05, 0.1) is 35.6 Å². The maximum Gasteiger partial charge on any atom is 0.433 e. The van der Waals surface area contributed by atoms with E-state index in [2.05, 4.69) is 10.3 Å². The van der Waals surface area contributed by atoms with Crippen molar-refractivity contribution in [2.45, 2.75) is 24.7 Å². The third-order valence-corrected chi connectivity index (χ3v) is 4.42.